The van der Waals surface area contributed by atoms with Gasteiger partial charge in [0.15, 0.2) is 0 Å². The van der Waals surface area contributed by atoms with Crippen molar-refractivity contribution in [3.63, 3.8) is 0 Å². The van der Waals surface area contributed by atoms with Crippen LogP contribution in [0.4, 0.5) is 0 Å². The molecule has 0 amide bonds. The first-order valence-corrected chi connectivity index (χ1v) is 5.93. The van der Waals surface area contributed by atoms with Gasteiger partial charge >= 0.3 is 11.9 Å². The van der Waals surface area contributed by atoms with Crippen molar-refractivity contribution in [2.24, 2.45) is 0 Å². The summed E-state index contributed by atoms with van der Waals surface area (Å²) in [6.07, 6.45) is 2.46. The van der Waals surface area contributed by atoms with Gasteiger partial charge in [-0.3, -0.25) is 4.79 Å². The van der Waals surface area contributed by atoms with Gasteiger partial charge in [0.05, 0.1) is 5.57 Å². The fraction of sp³-hybridized carbons (Fsp3) is 0.200. The summed E-state index contributed by atoms with van der Waals surface area (Å²) in [5.74, 6) is -3.40. The summed E-state index contributed by atoms with van der Waals surface area (Å²) in [6, 6.07) is 7.08. The van der Waals surface area contributed by atoms with Gasteiger partial charge in [-0.05, 0) is 24.0 Å². The van der Waals surface area contributed by atoms with Gasteiger partial charge in [-0.15, -0.1) is 6.58 Å². The second-order valence-electron chi connectivity index (χ2n) is 4.46. The zero-order valence-electron chi connectivity index (χ0n) is 10.3. The summed E-state index contributed by atoms with van der Waals surface area (Å²) < 4.78 is 0. The number of aliphatic carboxylic acids is 2. The van der Waals surface area contributed by atoms with Crippen LogP contribution >= 0.6 is 0 Å². The predicted molar refractivity (Wildman–Crippen MR) is 70.0 cm³/mol. The third kappa shape index (κ3) is 2.29. The van der Waals surface area contributed by atoms with Gasteiger partial charge in [0, 0.05) is 0 Å². The third-order valence-electron chi connectivity index (χ3n) is 3.31. The Balaban J connectivity index is 2.64. The van der Waals surface area contributed by atoms with Crippen molar-refractivity contribution >= 4 is 11.9 Å². The number of rotatable bonds is 4. The van der Waals surface area contributed by atoms with E-state index in [0.717, 1.165) is 5.56 Å². The van der Waals surface area contributed by atoms with Gasteiger partial charge in [0.2, 0.25) is 0 Å². The SMILES string of the molecule is C=CCC1=C(C(=O)O)C(C(=O)O)c2ccccc2C1. The Kier molecular flexibility index (Phi) is 3.51. The standard InChI is InChI=1S/C15H14O4/c1-2-5-10-8-9-6-3-4-7-11(9)13(15(18)19)12(10)14(16)17/h2-4,6-7,13H,1,5,8H2,(H,16,17)(H,18,19). The lowest BCUT2D eigenvalue weighted by atomic mass is 9.77. The average Bonchev–Trinajstić information content (AvgIpc) is 2.37. The molecule has 0 saturated heterocycles. The second kappa shape index (κ2) is 5.10. The van der Waals surface area contributed by atoms with Crippen molar-refractivity contribution in [1.82, 2.24) is 0 Å². The first kappa shape index (κ1) is 13.1. The Morgan fingerprint density at radius 2 is 2.00 bits per heavy atom. The van der Waals surface area contributed by atoms with Gasteiger partial charge < -0.3 is 10.2 Å². The molecule has 1 atom stereocenters. The normalized spacial score (nSPS) is 17.8. The van der Waals surface area contributed by atoms with Crippen LogP contribution in [0.25, 0.3) is 0 Å². The number of carboxylic acids is 2. The predicted octanol–water partition coefficient (Wildman–Crippen LogP) is 2.37. The van der Waals surface area contributed by atoms with E-state index in [1.54, 1.807) is 18.2 Å². The number of carbonyl (C=O) groups is 2. The lowest BCUT2D eigenvalue weighted by molar-refractivity contribution is -0.141. The summed E-state index contributed by atoms with van der Waals surface area (Å²) >= 11 is 0. The second-order valence-corrected chi connectivity index (χ2v) is 4.46. The molecule has 2 N–H and O–H groups in total. The maximum absolute atomic E-state index is 11.5. The van der Waals surface area contributed by atoms with E-state index < -0.39 is 17.9 Å². The van der Waals surface area contributed by atoms with Gasteiger partial charge in [-0.2, -0.15) is 0 Å². The first-order chi connectivity index (χ1) is 9.06. The molecule has 0 spiro atoms. The van der Waals surface area contributed by atoms with E-state index >= 15 is 0 Å². The lowest BCUT2D eigenvalue weighted by Crippen LogP contribution is -2.26. The van der Waals surface area contributed by atoms with E-state index in [4.69, 9.17) is 0 Å². The van der Waals surface area contributed by atoms with E-state index in [9.17, 15) is 19.8 Å². The van der Waals surface area contributed by atoms with Crippen molar-refractivity contribution < 1.29 is 19.8 Å². The minimum atomic E-state index is -1.17. The highest BCUT2D eigenvalue weighted by Crippen LogP contribution is 2.37. The summed E-state index contributed by atoms with van der Waals surface area (Å²) in [7, 11) is 0. The fourth-order valence-corrected chi connectivity index (χ4v) is 2.55. The molecule has 1 aliphatic carbocycles. The van der Waals surface area contributed by atoms with Crippen molar-refractivity contribution in [1.29, 1.82) is 0 Å². The Hall–Kier alpha value is -2.36. The Morgan fingerprint density at radius 1 is 1.32 bits per heavy atom. The summed E-state index contributed by atoms with van der Waals surface area (Å²) in [5, 5.41) is 18.7. The molecule has 1 aromatic carbocycles. The van der Waals surface area contributed by atoms with Crippen LogP contribution in [0.5, 0.6) is 0 Å². The molecule has 1 aliphatic rings. The van der Waals surface area contributed by atoms with Crippen LogP contribution in [-0.4, -0.2) is 22.2 Å². The molecule has 0 radical (unpaired) electrons. The van der Waals surface area contributed by atoms with E-state index in [1.165, 1.54) is 0 Å². The van der Waals surface area contributed by atoms with E-state index in [-0.39, 0.29) is 5.57 Å². The Bertz CT molecular complexity index is 584. The van der Waals surface area contributed by atoms with E-state index in [1.807, 2.05) is 12.1 Å². The summed E-state index contributed by atoms with van der Waals surface area (Å²) in [6.45, 7) is 3.60. The minimum Gasteiger partial charge on any atom is -0.481 e. The van der Waals surface area contributed by atoms with E-state index in [0.29, 0.717) is 24.0 Å². The highest BCUT2D eigenvalue weighted by Gasteiger charge is 2.36. The molecule has 0 aliphatic heterocycles. The van der Waals surface area contributed by atoms with Crippen LogP contribution in [0.1, 0.15) is 23.5 Å². The van der Waals surface area contributed by atoms with Crippen LogP contribution < -0.4 is 0 Å². The molecule has 1 unspecified atom stereocenters. The third-order valence-corrected chi connectivity index (χ3v) is 3.31. The minimum absolute atomic E-state index is 0.0221. The zero-order valence-corrected chi connectivity index (χ0v) is 10.3. The number of benzene rings is 1. The first-order valence-electron chi connectivity index (χ1n) is 5.93. The molecule has 2 rings (SSSR count). The molecule has 0 heterocycles. The molecule has 4 heteroatoms. The Labute approximate surface area is 110 Å². The van der Waals surface area contributed by atoms with Crippen molar-refractivity contribution in [2.75, 3.05) is 0 Å². The van der Waals surface area contributed by atoms with Gasteiger partial charge in [0.25, 0.3) is 0 Å². The zero-order chi connectivity index (χ0) is 14.0. The topological polar surface area (TPSA) is 74.6 Å². The number of hydrogen-bond acceptors (Lipinski definition) is 2. The van der Waals surface area contributed by atoms with Crippen molar-refractivity contribution in [3.8, 4) is 0 Å². The maximum Gasteiger partial charge on any atom is 0.332 e. The van der Waals surface area contributed by atoms with Crippen molar-refractivity contribution in [3.05, 3.63) is 59.2 Å². The average molecular weight is 258 g/mol. The van der Waals surface area contributed by atoms with Gasteiger partial charge in [-0.1, -0.05) is 35.9 Å². The monoisotopic (exact) mass is 258 g/mol. The van der Waals surface area contributed by atoms with Gasteiger partial charge in [-0.25, -0.2) is 4.79 Å². The number of fused-ring (bicyclic) bond motifs is 1. The molecule has 19 heavy (non-hydrogen) atoms. The molecular formula is C15H14O4. The molecule has 0 saturated carbocycles. The number of allylic oxidation sites excluding steroid dienone is 2. The van der Waals surface area contributed by atoms with Crippen LogP contribution in [0.15, 0.2) is 48.1 Å². The quantitative estimate of drug-likeness (QED) is 0.813. The van der Waals surface area contributed by atoms with E-state index in [2.05, 4.69) is 6.58 Å². The van der Waals surface area contributed by atoms with Crippen LogP contribution in [0.2, 0.25) is 0 Å². The lowest BCUT2D eigenvalue weighted by Gasteiger charge is -2.26. The molecule has 0 fully saturated rings. The van der Waals surface area contributed by atoms with Crippen LogP contribution in [0, 0.1) is 0 Å². The van der Waals surface area contributed by atoms with Gasteiger partial charge in [0.1, 0.15) is 5.92 Å². The largest absolute Gasteiger partial charge is 0.481 e. The molecule has 0 aromatic heterocycles. The fourth-order valence-electron chi connectivity index (χ4n) is 2.55. The molecular weight excluding hydrogens is 244 g/mol. The highest BCUT2D eigenvalue weighted by atomic mass is 16.4. The molecule has 0 bridgehead atoms. The van der Waals surface area contributed by atoms with Crippen molar-refractivity contribution in [2.45, 2.75) is 18.8 Å². The molecule has 1 aromatic rings. The van der Waals surface area contributed by atoms with Crippen LogP contribution in [0.3, 0.4) is 0 Å². The molecule has 98 valence electrons. The molecule has 4 nitrogen and oxygen atoms in total. The highest BCUT2D eigenvalue weighted by molar-refractivity contribution is 5.99. The summed E-state index contributed by atoms with van der Waals surface area (Å²) in [5.41, 5.74) is 2.04. The summed E-state index contributed by atoms with van der Waals surface area (Å²) in [4.78, 5) is 22.9. The Morgan fingerprint density at radius 3 is 2.58 bits per heavy atom. The maximum atomic E-state index is 11.5. The number of carboxylic acid groups (broad SMARTS) is 2. The van der Waals surface area contributed by atoms with Crippen LogP contribution in [-0.2, 0) is 16.0 Å². The number of hydrogen-bond donors (Lipinski definition) is 2. The smallest absolute Gasteiger partial charge is 0.332 e.